The molecule has 27 heavy (non-hydrogen) atoms. The monoisotopic (exact) mass is 386 g/mol. The maximum atomic E-state index is 13.0. The van der Waals surface area contributed by atoms with Crippen molar-refractivity contribution in [3.8, 4) is 0 Å². The van der Waals surface area contributed by atoms with Gasteiger partial charge in [0.1, 0.15) is 0 Å². The van der Waals surface area contributed by atoms with Crippen molar-refractivity contribution in [3.05, 3.63) is 34.6 Å². The van der Waals surface area contributed by atoms with Crippen LogP contribution >= 0.6 is 11.8 Å². The number of aryl methyl sites for hydroxylation is 1. The molecule has 0 spiro atoms. The highest BCUT2D eigenvalue weighted by Crippen LogP contribution is 2.25. The van der Waals surface area contributed by atoms with Crippen molar-refractivity contribution in [1.29, 1.82) is 0 Å². The van der Waals surface area contributed by atoms with Gasteiger partial charge in [0.2, 0.25) is 5.78 Å². The average molecular weight is 387 g/mol. The van der Waals surface area contributed by atoms with Crippen molar-refractivity contribution in [2.45, 2.75) is 63.3 Å². The van der Waals surface area contributed by atoms with Crippen LogP contribution in [0.3, 0.4) is 0 Å². The molecule has 3 aromatic rings. The molecule has 3 heterocycles. The number of para-hydroxylation sites is 1. The fourth-order valence-electron chi connectivity index (χ4n) is 3.65. The predicted molar refractivity (Wildman–Crippen MR) is 109 cm³/mol. The maximum absolute atomic E-state index is 13.0. The minimum absolute atomic E-state index is 0.0220. The average Bonchev–Trinajstić information content (AvgIpc) is 3.14. The van der Waals surface area contributed by atoms with Crippen molar-refractivity contribution in [3.63, 3.8) is 0 Å². The third-order valence-corrected chi connectivity index (χ3v) is 6.20. The molecule has 0 bridgehead atoms. The van der Waals surface area contributed by atoms with Crippen molar-refractivity contribution in [2.24, 2.45) is 0 Å². The van der Waals surface area contributed by atoms with E-state index < -0.39 is 0 Å². The lowest BCUT2D eigenvalue weighted by Crippen LogP contribution is -2.24. The topological polar surface area (TPSA) is 61.4 Å². The molecule has 0 aliphatic carbocycles. The zero-order chi connectivity index (χ0) is 18.6. The van der Waals surface area contributed by atoms with Gasteiger partial charge in [-0.3, -0.25) is 13.8 Å². The van der Waals surface area contributed by atoms with E-state index in [1.54, 1.807) is 16.3 Å². The van der Waals surface area contributed by atoms with E-state index in [1.165, 1.54) is 6.42 Å². The molecule has 6 nitrogen and oxygen atoms in total. The molecular weight excluding hydrogens is 360 g/mol. The molecular formula is C20H26N4O2S. The van der Waals surface area contributed by atoms with Crippen LogP contribution in [0, 0.1) is 0 Å². The standard InChI is InChI=1S/C20H26N4O2S/c1-2-3-7-12-23-18(25)16-10-4-5-11-17(16)24-19(23)21-22-20(24)27-14-15-9-6-8-13-26-15/h4-5,10-11,15H,2-3,6-9,12-14H2,1H3. The Balaban J connectivity index is 1.73. The van der Waals surface area contributed by atoms with Crippen LogP contribution in [0.25, 0.3) is 16.7 Å². The number of hydrogen-bond donors (Lipinski definition) is 0. The number of aromatic nitrogens is 4. The van der Waals surface area contributed by atoms with Crippen LogP contribution in [-0.2, 0) is 11.3 Å². The van der Waals surface area contributed by atoms with E-state index in [9.17, 15) is 4.79 Å². The largest absolute Gasteiger partial charge is 0.377 e. The van der Waals surface area contributed by atoms with Crippen LogP contribution in [0.2, 0.25) is 0 Å². The number of rotatable bonds is 7. The quantitative estimate of drug-likeness (QED) is 0.455. The lowest BCUT2D eigenvalue weighted by molar-refractivity contribution is 0.0315. The summed E-state index contributed by atoms with van der Waals surface area (Å²) in [6, 6.07) is 7.75. The van der Waals surface area contributed by atoms with Crippen molar-refractivity contribution in [2.75, 3.05) is 12.4 Å². The molecule has 4 rings (SSSR count). The highest BCUT2D eigenvalue weighted by Gasteiger charge is 2.19. The molecule has 0 N–H and O–H groups in total. The third kappa shape index (κ3) is 3.75. The number of ether oxygens (including phenoxy) is 1. The minimum Gasteiger partial charge on any atom is -0.377 e. The SMILES string of the molecule is CCCCCn1c(=O)c2ccccc2n2c(SCC3CCCCO3)nnc12. The van der Waals surface area contributed by atoms with Gasteiger partial charge >= 0.3 is 0 Å². The second-order valence-corrected chi connectivity index (χ2v) is 8.09. The Morgan fingerprint density at radius 3 is 2.93 bits per heavy atom. The van der Waals surface area contributed by atoms with E-state index >= 15 is 0 Å². The van der Waals surface area contributed by atoms with E-state index in [1.807, 2.05) is 28.7 Å². The summed E-state index contributed by atoms with van der Waals surface area (Å²) < 4.78 is 9.67. The zero-order valence-corrected chi connectivity index (χ0v) is 16.6. The Kier molecular flexibility index (Phi) is 5.78. The third-order valence-electron chi connectivity index (χ3n) is 5.14. The van der Waals surface area contributed by atoms with Crippen LogP contribution in [-0.4, -0.2) is 37.6 Å². The summed E-state index contributed by atoms with van der Waals surface area (Å²) >= 11 is 1.67. The molecule has 2 aromatic heterocycles. The van der Waals surface area contributed by atoms with Crippen LogP contribution < -0.4 is 5.56 Å². The van der Waals surface area contributed by atoms with E-state index in [4.69, 9.17) is 4.74 Å². The molecule has 144 valence electrons. The van der Waals surface area contributed by atoms with Crippen LogP contribution in [0.5, 0.6) is 0 Å². The van der Waals surface area contributed by atoms with Gasteiger partial charge in [0.05, 0.1) is 17.0 Å². The molecule has 1 unspecified atom stereocenters. The van der Waals surface area contributed by atoms with E-state index in [0.717, 1.165) is 60.5 Å². The highest BCUT2D eigenvalue weighted by atomic mass is 32.2. The number of benzene rings is 1. The summed E-state index contributed by atoms with van der Waals surface area (Å²) in [6.45, 7) is 3.69. The van der Waals surface area contributed by atoms with Gasteiger partial charge in [-0.2, -0.15) is 0 Å². The van der Waals surface area contributed by atoms with Gasteiger partial charge in [-0.1, -0.05) is 43.7 Å². The molecule has 7 heteroatoms. The Hall–Kier alpha value is -1.86. The molecule has 1 aromatic carbocycles. The summed E-state index contributed by atoms with van der Waals surface area (Å²) in [5.74, 6) is 1.51. The lowest BCUT2D eigenvalue weighted by atomic mass is 10.1. The number of hydrogen-bond acceptors (Lipinski definition) is 5. The molecule has 1 atom stereocenters. The van der Waals surface area contributed by atoms with Crippen LogP contribution in [0.15, 0.2) is 34.2 Å². The number of nitrogens with zero attached hydrogens (tertiary/aromatic N) is 4. The normalized spacial score (nSPS) is 17.7. The van der Waals surface area contributed by atoms with E-state index in [2.05, 4.69) is 17.1 Å². The summed E-state index contributed by atoms with van der Waals surface area (Å²) in [4.78, 5) is 13.0. The Morgan fingerprint density at radius 2 is 2.11 bits per heavy atom. The first kappa shape index (κ1) is 18.5. The first-order valence-electron chi connectivity index (χ1n) is 9.90. The molecule has 0 amide bonds. The van der Waals surface area contributed by atoms with Gasteiger partial charge in [-0.05, 0) is 37.8 Å². The first-order chi connectivity index (χ1) is 13.3. The molecule has 1 aliphatic heterocycles. The van der Waals surface area contributed by atoms with Crippen molar-refractivity contribution >= 4 is 28.4 Å². The molecule has 0 saturated carbocycles. The van der Waals surface area contributed by atoms with Gasteiger partial charge in [0.15, 0.2) is 5.16 Å². The first-order valence-corrected chi connectivity index (χ1v) is 10.9. The second kappa shape index (κ2) is 8.44. The number of fused-ring (bicyclic) bond motifs is 3. The van der Waals surface area contributed by atoms with Gasteiger partial charge in [-0.25, -0.2) is 0 Å². The lowest BCUT2D eigenvalue weighted by Gasteiger charge is -2.21. The van der Waals surface area contributed by atoms with Gasteiger partial charge in [0, 0.05) is 18.9 Å². The smallest absolute Gasteiger partial charge is 0.262 e. The van der Waals surface area contributed by atoms with Crippen LogP contribution in [0.4, 0.5) is 0 Å². The fourth-order valence-corrected chi connectivity index (χ4v) is 4.66. The Labute approximate surface area is 162 Å². The van der Waals surface area contributed by atoms with Crippen LogP contribution in [0.1, 0.15) is 45.4 Å². The predicted octanol–water partition coefficient (Wildman–Crippen LogP) is 3.90. The summed E-state index contributed by atoms with van der Waals surface area (Å²) in [5.41, 5.74) is 0.898. The van der Waals surface area contributed by atoms with E-state index in [0.29, 0.717) is 12.3 Å². The molecule has 1 aliphatic rings. The summed E-state index contributed by atoms with van der Waals surface area (Å²) in [7, 11) is 0. The number of unbranched alkanes of at least 4 members (excludes halogenated alkanes) is 2. The molecule has 1 fully saturated rings. The van der Waals surface area contributed by atoms with Gasteiger partial charge in [-0.15, -0.1) is 10.2 Å². The Bertz CT molecular complexity index is 975. The summed E-state index contributed by atoms with van der Waals surface area (Å²) in [6.07, 6.45) is 6.95. The zero-order valence-electron chi connectivity index (χ0n) is 15.8. The summed E-state index contributed by atoms with van der Waals surface area (Å²) in [5, 5.41) is 10.4. The minimum atomic E-state index is 0.0220. The van der Waals surface area contributed by atoms with Gasteiger partial charge < -0.3 is 4.74 Å². The fraction of sp³-hybridized carbons (Fsp3) is 0.550. The molecule has 1 saturated heterocycles. The molecule has 0 radical (unpaired) electrons. The maximum Gasteiger partial charge on any atom is 0.262 e. The van der Waals surface area contributed by atoms with Gasteiger partial charge in [0.25, 0.3) is 5.56 Å². The van der Waals surface area contributed by atoms with E-state index in [-0.39, 0.29) is 11.7 Å². The van der Waals surface area contributed by atoms with Crippen molar-refractivity contribution < 1.29 is 4.74 Å². The second-order valence-electron chi connectivity index (χ2n) is 7.10. The van der Waals surface area contributed by atoms with Crippen molar-refractivity contribution in [1.82, 2.24) is 19.2 Å². The Morgan fingerprint density at radius 1 is 1.22 bits per heavy atom. The number of thioether (sulfide) groups is 1. The highest BCUT2D eigenvalue weighted by molar-refractivity contribution is 7.99.